The second-order valence-electron chi connectivity index (χ2n) is 7.05. The molecule has 2 aromatic heterocycles. The molecule has 0 saturated heterocycles. The molecule has 0 aliphatic heterocycles. The van der Waals surface area contributed by atoms with Crippen LogP contribution in [0.2, 0.25) is 0 Å². The van der Waals surface area contributed by atoms with Crippen LogP contribution in [0.3, 0.4) is 0 Å². The van der Waals surface area contributed by atoms with Gasteiger partial charge in [-0.15, -0.1) is 0 Å². The van der Waals surface area contributed by atoms with Crippen LogP contribution in [0.1, 0.15) is 11.3 Å². The minimum atomic E-state index is -0.709. The zero-order chi connectivity index (χ0) is 20.2. The maximum atomic E-state index is 12.4. The van der Waals surface area contributed by atoms with Crippen molar-refractivity contribution in [2.45, 2.75) is 26.2 Å². The molecule has 4 aromatic rings. The van der Waals surface area contributed by atoms with Crippen molar-refractivity contribution in [3.05, 3.63) is 94.4 Å². The van der Waals surface area contributed by atoms with Crippen LogP contribution >= 0.6 is 0 Å². The summed E-state index contributed by atoms with van der Waals surface area (Å²) in [5.41, 5.74) is 3.94. The summed E-state index contributed by atoms with van der Waals surface area (Å²) in [5, 5.41) is 15.0. The zero-order valence-corrected chi connectivity index (χ0v) is 16.2. The first-order valence-corrected chi connectivity index (χ1v) is 9.57. The molecule has 1 N–H and O–H groups in total. The van der Waals surface area contributed by atoms with Gasteiger partial charge in [0.2, 0.25) is 0 Å². The van der Waals surface area contributed by atoms with Gasteiger partial charge in [0.25, 0.3) is 5.56 Å². The molecular weight excluding hydrogens is 366 g/mol. The molecule has 6 nitrogen and oxygen atoms in total. The Hall–Kier alpha value is -3.22. The summed E-state index contributed by atoms with van der Waals surface area (Å²) in [7, 11) is 0. The molecule has 0 unspecified atom stereocenters. The Labute approximate surface area is 168 Å². The minimum Gasteiger partial charge on any atom is -0.389 e. The number of aryl methyl sites for hydroxylation is 1. The molecule has 0 fully saturated rings. The third-order valence-corrected chi connectivity index (χ3v) is 4.82. The van der Waals surface area contributed by atoms with Crippen LogP contribution in [0, 0.1) is 6.92 Å². The number of aliphatic hydroxyl groups is 1. The largest absolute Gasteiger partial charge is 0.389 e. The van der Waals surface area contributed by atoms with Crippen molar-refractivity contribution < 1.29 is 9.84 Å². The number of ether oxygens (including phenoxy) is 1. The van der Waals surface area contributed by atoms with E-state index < -0.39 is 6.10 Å². The third kappa shape index (κ3) is 4.29. The van der Waals surface area contributed by atoms with Gasteiger partial charge in [-0.25, -0.2) is 0 Å². The highest BCUT2D eigenvalue weighted by Crippen LogP contribution is 2.19. The van der Waals surface area contributed by atoms with Crippen LogP contribution in [0.4, 0.5) is 0 Å². The van der Waals surface area contributed by atoms with Crippen molar-refractivity contribution in [3.63, 3.8) is 0 Å². The Morgan fingerprint density at radius 1 is 1.03 bits per heavy atom. The van der Waals surface area contributed by atoms with Crippen LogP contribution in [0.25, 0.3) is 16.9 Å². The lowest BCUT2D eigenvalue weighted by Gasteiger charge is -2.17. The molecule has 0 amide bonds. The molecule has 0 bridgehead atoms. The Kier molecular flexibility index (Phi) is 5.55. The standard InChI is InChI=1S/C23H23N3O3/c1-17-12-23(28)26-22(13-21(24-26)19-10-6-3-7-11-19)25(17)14-20(27)16-29-15-18-8-4-2-5-9-18/h2-13,20,27H,14-16H2,1H3/t20-/m1/s1. The second-order valence-corrected chi connectivity index (χ2v) is 7.05. The molecule has 6 heteroatoms. The molecule has 4 rings (SSSR count). The first kappa shape index (κ1) is 19.1. The van der Waals surface area contributed by atoms with E-state index in [4.69, 9.17) is 4.74 Å². The zero-order valence-electron chi connectivity index (χ0n) is 16.2. The van der Waals surface area contributed by atoms with E-state index in [1.165, 1.54) is 10.6 Å². The van der Waals surface area contributed by atoms with Gasteiger partial charge in [-0.2, -0.15) is 9.61 Å². The van der Waals surface area contributed by atoms with Gasteiger partial charge in [-0.3, -0.25) is 4.79 Å². The van der Waals surface area contributed by atoms with Gasteiger partial charge in [0.15, 0.2) is 0 Å². The summed E-state index contributed by atoms with van der Waals surface area (Å²) < 4.78 is 8.94. The Morgan fingerprint density at radius 3 is 2.45 bits per heavy atom. The van der Waals surface area contributed by atoms with E-state index in [9.17, 15) is 9.90 Å². The summed E-state index contributed by atoms with van der Waals surface area (Å²) in [6, 6.07) is 23.0. The number of aliphatic hydroxyl groups excluding tert-OH is 1. The monoisotopic (exact) mass is 389 g/mol. The number of aromatic nitrogens is 3. The number of benzene rings is 2. The highest BCUT2D eigenvalue weighted by atomic mass is 16.5. The number of fused-ring (bicyclic) bond motifs is 1. The van der Waals surface area contributed by atoms with Gasteiger partial charge in [-0.1, -0.05) is 60.7 Å². The fourth-order valence-electron chi connectivity index (χ4n) is 3.36. The van der Waals surface area contributed by atoms with Crippen molar-refractivity contribution in [3.8, 4) is 11.3 Å². The lowest BCUT2D eigenvalue weighted by atomic mass is 10.2. The van der Waals surface area contributed by atoms with Gasteiger partial charge in [0, 0.05) is 23.4 Å². The molecule has 29 heavy (non-hydrogen) atoms. The van der Waals surface area contributed by atoms with E-state index in [1.807, 2.05) is 78.2 Å². The maximum absolute atomic E-state index is 12.4. The number of hydrogen-bond donors (Lipinski definition) is 1. The lowest BCUT2D eigenvalue weighted by molar-refractivity contribution is 0.0205. The molecule has 0 radical (unpaired) electrons. The number of hydrogen-bond acceptors (Lipinski definition) is 4. The fourth-order valence-corrected chi connectivity index (χ4v) is 3.36. The molecule has 2 aromatic carbocycles. The van der Waals surface area contributed by atoms with Crippen molar-refractivity contribution in [1.82, 2.24) is 14.2 Å². The van der Waals surface area contributed by atoms with Crippen molar-refractivity contribution in [2.24, 2.45) is 0 Å². The predicted molar refractivity (Wildman–Crippen MR) is 112 cm³/mol. The van der Waals surface area contributed by atoms with Crippen LogP contribution in [-0.4, -0.2) is 32.0 Å². The average Bonchev–Trinajstić information content (AvgIpc) is 3.19. The van der Waals surface area contributed by atoms with Gasteiger partial charge in [0.05, 0.1) is 31.6 Å². The third-order valence-electron chi connectivity index (χ3n) is 4.82. The van der Waals surface area contributed by atoms with Gasteiger partial charge >= 0.3 is 0 Å². The van der Waals surface area contributed by atoms with Crippen molar-refractivity contribution >= 4 is 5.65 Å². The molecule has 0 saturated carbocycles. The molecular formula is C23H23N3O3. The summed E-state index contributed by atoms with van der Waals surface area (Å²) >= 11 is 0. The first-order valence-electron chi connectivity index (χ1n) is 9.57. The quantitative estimate of drug-likeness (QED) is 0.528. The lowest BCUT2D eigenvalue weighted by Crippen LogP contribution is -2.27. The summed E-state index contributed by atoms with van der Waals surface area (Å²) in [4.78, 5) is 12.4. The van der Waals surface area contributed by atoms with E-state index in [1.54, 1.807) is 0 Å². The molecule has 0 aliphatic carbocycles. The van der Waals surface area contributed by atoms with E-state index in [0.29, 0.717) is 18.8 Å². The fraction of sp³-hybridized carbons (Fsp3) is 0.217. The Balaban J connectivity index is 1.54. The van der Waals surface area contributed by atoms with E-state index in [2.05, 4.69) is 5.10 Å². The molecule has 0 spiro atoms. The van der Waals surface area contributed by atoms with Crippen LogP contribution in [0.15, 0.2) is 77.6 Å². The number of nitrogens with zero attached hydrogens (tertiary/aromatic N) is 3. The normalized spacial score (nSPS) is 12.3. The average molecular weight is 389 g/mol. The molecule has 2 heterocycles. The molecule has 0 aliphatic rings. The summed E-state index contributed by atoms with van der Waals surface area (Å²) in [6.45, 7) is 2.81. The van der Waals surface area contributed by atoms with E-state index in [0.717, 1.165) is 22.5 Å². The highest BCUT2D eigenvalue weighted by Gasteiger charge is 2.14. The van der Waals surface area contributed by atoms with E-state index in [-0.39, 0.29) is 12.2 Å². The summed E-state index contributed by atoms with van der Waals surface area (Å²) in [6.07, 6.45) is -0.709. The Morgan fingerprint density at radius 2 is 1.72 bits per heavy atom. The number of rotatable bonds is 7. The van der Waals surface area contributed by atoms with Crippen molar-refractivity contribution in [2.75, 3.05) is 6.61 Å². The predicted octanol–water partition coefficient (Wildman–Crippen LogP) is 3.05. The Bertz CT molecular complexity index is 1150. The van der Waals surface area contributed by atoms with Gasteiger partial charge < -0.3 is 14.4 Å². The second kappa shape index (κ2) is 8.43. The maximum Gasteiger partial charge on any atom is 0.274 e. The van der Waals surface area contributed by atoms with Gasteiger partial charge in [0.1, 0.15) is 5.65 Å². The smallest absolute Gasteiger partial charge is 0.274 e. The molecule has 1 atom stereocenters. The minimum absolute atomic E-state index is 0.189. The van der Waals surface area contributed by atoms with Crippen LogP contribution in [-0.2, 0) is 17.9 Å². The van der Waals surface area contributed by atoms with Crippen LogP contribution in [0.5, 0.6) is 0 Å². The topological polar surface area (TPSA) is 68.8 Å². The van der Waals surface area contributed by atoms with Crippen LogP contribution < -0.4 is 5.56 Å². The summed E-state index contributed by atoms with van der Waals surface area (Å²) in [5.74, 6) is 0. The SMILES string of the molecule is Cc1cc(=O)n2nc(-c3ccccc3)cc2n1C[C@@H](O)COCc1ccccc1. The van der Waals surface area contributed by atoms with Gasteiger partial charge in [-0.05, 0) is 12.5 Å². The van der Waals surface area contributed by atoms with E-state index >= 15 is 0 Å². The highest BCUT2D eigenvalue weighted by molar-refractivity contribution is 5.64. The first-order chi connectivity index (χ1) is 14.1. The van der Waals surface area contributed by atoms with Crippen molar-refractivity contribution in [1.29, 1.82) is 0 Å². The molecule has 148 valence electrons.